The quantitative estimate of drug-likeness (QED) is 0.883. The summed E-state index contributed by atoms with van der Waals surface area (Å²) < 4.78 is 0. The second-order valence-electron chi connectivity index (χ2n) is 4.36. The number of nitrogens with one attached hydrogen (secondary N) is 1. The predicted molar refractivity (Wildman–Crippen MR) is 72.7 cm³/mol. The second-order valence-corrected chi connectivity index (χ2v) is 5.37. The van der Waals surface area contributed by atoms with Crippen LogP contribution in [0.5, 0.6) is 0 Å². The number of carbonyl (C=O) groups excluding carboxylic acids is 1. The zero-order valence-electron chi connectivity index (χ0n) is 10.4. The third-order valence-electron chi connectivity index (χ3n) is 2.19. The van der Waals surface area contributed by atoms with Gasteiger partial charge in [0.25, 0.3) is 0 Å². The Hall–Kier alpha value is -0.720. The van der Waals surface area contributed by atoms with E-state index in [4.69, 9.17) is 5.73 Å². The smallest absolute Gasteiger partial charge is 0.243 e. The van der Waals surface area contributed by atoms with Gasteiger partial charge in [0.05, 0.1) is 6.04 Å². The number of hydrogen-bond donors (Lipinski definition) is 2. The Labute approximate surface area is 112 Å². The van der Waals surface area contributed by atoms with Crippen molar-refractivity contribution in [2.45, 2.75) is 39.7 Å². The summed E-state index contributed by atoms with van der Waals surface area (Å²) in [5.41, 5.74) is 5.72. The van der Waals surface area contributed by atoms with E-state index in [9.17, 15) is 4.79 Å². The standard InChI is InChI=1S/C10H18N4OS.ClH/c1-5(2)7(11)8(15)12-10-14-13-9(16-10)6(3)4;/h5-7H,11H2,1-4H3,(H,12,14,15);1H. The summed E-state index contributed by atoms with van der Waals surface area (Å²) in [7, 11) is 0. The van der Waals surface area contributed by atoms with Crippen molar-refractivity contribution < 1.29 is 4.79 Å². The maximum atomic E-state index is 11.6. The van der Waals surface area contributed by atoms with E-state index >= 15 is 0 Å². The molecule has 0 aliphatic carbocycles. The molecule has 98 valence electrons. The highest BCUT2D eigenvalue weighted by Crippen LogP contribution is 2.22. The van der Waals surface area contributed by atoms with Crippen molar-refractivity contribution in [2.24, 2.45) is 11.7 Å². The summed E-state index contributed by atoms with van der Waals surface area (Å²) in [4.78, 5) is 11.6. The van der Waals surface area contributed by atoms with E-state index in [-0.39, 0.29) is 24.2 Å². The van der Waals surface area contributed by atoms with Gasteiger partial charge in [-0.05, 0) is 5.92 Å². The van der Waals surface area contributed by atoms with Crippen LogP contribution in [0.25, 0.3) is 0 Å². The fraction of sp³-hybridized carbons (Fsp3) is 0.700. The molecule has 0 aliphatic heterocycles. The molecule has 0 saturated carbocycles. The maximum Gasteiger partial charge on any atom is 0.243 e. The second kappa shape index (κ2) is 6.88. The van der Waals surface area contributed by atoms with Crippen molar-refractivity contribution in [1.82, 2.24) is 10.2 Å². The van der Waals surface area contributed by atoms with E-state index in [0.29, 0.717) is 11.0 Å². The van der Waals surface area contributed by atoms with Gasteiger partial charge >= 0.3 is 0 Å². The molecule has 1 unspecified atom stereocenters. The normalized spacial score (nSPS) is 12.4. The van der Waals surface area contributed by atoms with Crippen molar-refractivity contribution in [1.29, 1.82) is 0 Å². The minimum absolute atomic E-state index is 0. The number of nitrogens with two attached hydrogens (primary N) is 1. The fourth-order valence-electron chi connectivity index (χ4n) is 1.01. The Morgan fingerprint density at radius 3 is 2.29 bits per heavy atom. The molecule has 1 heterocycles. The van der Waals surface area contributed by atoms with Gasteiger partial charge in [-0.25, -0.2) is 0 Å². The first kappa shape index (κ1) is 16.3. The molecule has 1 rings (SSSR count). The number of anilines is 1. The number of aromatic nitrogens is 2. The summed E-state index contributed by atoms with van der Waals surface area (Å²) in [6.45, 7) is 7.88. The minimum atomic E-state index is -0.508. The van der Waals surface area contributed by atoms with Crippen LogP contribution in [0.1, 0.15) is 38.6 Å². The first-order chi connectivity index (χ1) is 7.41. The van der Waals surface area contributed by atoms with Gasteiger partial charge in [0.2, 0.25) is 11.0 Å². The average Bonchev–Trinajstić information content (AvgIpc) is 2.64. The molecule has 1 atom stereocenters. The molecule has 0 bridgehead atoms. The topological polar surface area (TPSA) is 80.9 Å². The van der Waals surface area contributed by atoms with Crippen molar-refractivity contribution in [3.8, 4) is 0 Å². The van der Waals surface area contributed by atoms with Crippen LogP contribution in [0.2, 0.25) is 0 Å². The fourth-order valence-corrected chi connectivity index (χ4v) is 1.76. The maximum absolute atomic E-state index is 11.6. The van der Waals surface area contributed by atoms with Gasteiger partial charge in [0, 0.05) is 5.92 Å². The van der Waals surface area contributed by atoms with Gasteiger partial charge < -0.3 is 5.73 Å². The predicted octanol–water partition coefficient (Wildman–Crippen LogP) is 2.01. The lowest BCUT2D eigenvalue weighted by atomic mass is 10.1. The largest absolute Gasteiger partial charge is 0.320 e. The van der Waals surface area contributed by atoms with E-state index in [2.05, 4.69) is 15.5 Å². The van der Waals surface area contributed by atoms with Crippen LogP contribution in [0.15, 0.2) is 0 Å². The molecular weight excluding hydrogens is 260 g/mol. The number of hydrogen-bond acceptors (Lipinski definition) is 5. The zero-order valence-corrected chi connectivity index (χ0v) is 12.1. The number of carbonyl (C=O) groups is 1. The molecule has 5 nitrogen and oxygen atoms in total. The monoisotopic (exact) mass is 278 g/mol. The Morgan fingerprint density at radius 1 is 1.29 bits per heavy atom. The van der Waals surface area contributed by atoms with Crippen molar-refractivity contribution in [2.75, 3.05) is 5.32 Å². The summed E-state index contributed by atoms with van der Waals surface area (Å²) in [5, 5.41) is 12.0. The van der Waals surface area contributed by atoms with Gasteiger partial charge in [-0.1, -0.05) is 39.0 Å². The summed E-state index contributed by atoms with van der Waals surface area (Å²) in [6.07, 6.45) is 0. The molecular formula is C10H19ClN4OS. The summed E-state index contributed by atoms with van der Waals surface area (Å²) >= 11 is 1.39. The third-order valence-corrected chi connectivity index (χ3v) is 3.32. The molecule has 0 saturated heterocycles. The summed E-state index contributed by atoms with van der Waals surface area (Å²) in [5.74, 6) is 0.223. The van der Waals surface area contributed by atoms with Crippen LogP contribution in [0, 0.1) is 5.92 Å². The number of halogens is 1. The molecule has 7 heteroatoms. The van der Waals surface area contributed by atoms with Crippen LogP contribution in [-0.2, 0) is 4.79 Å². The molecule has 1 aromatic heterocycles. The molecule has 17 heavy (non-hydrogen) atoms. The SMILES string of the molecule is CC(C)c1nnc(NC(=O)C(N)C(C)C)s1.Cl. The van der Waals surface area contributed by atoms with E-state index in [1.165, 1.54) is 11.3 Å². The minimum Gasteiger partial charge on any atom is -0.320 e. The van der Waals surface area contributed by atoms with Crippen LogP contribution in [0.3, 0.4) is 0 Å². The van der Waals surface area contributed by atoms with Gasteiger partial charge in [-0.3, -0.25) is 10.1 Å². The van der Waals surface area contributed by atoms with Gasteiger partial charge in [0.1, 0.15) is 5.01 Å². The summed E-state index contributed by atoms with van der Waals surface area (Å²) in [6, 6.07) is -0.508. The molecule has 0 spiro atoms. The van der Waals surface area contributed by atoms with E-state index < -0.39 is 6.04 Å². The lowest BCUT2D eigenvalue weighted by Crippen LogP contribution is -2.39. The molecule has 0 aliphatic rings. The Morgan fingerprint density at radius 2 is 1.88 bits per heavy atom. The third kappa shape index (κ3) is 4.57. The first-order valence-corrected chi connectivity index (χ1v) is 6.13. The Bertz CT molecular complexity index is 367. The Kier molecular flexibility index (Phi) is 6.59. The van der Waals surface area contributed by atoms with E-state index in [1.807, 2.05) is 27.7 Å². The van der Waals surface area contributed by atoms with Crippen LogP contribution >= 0.6 is 23.7 Å². The first-order valence-electron chi connectivity index (χ1n) is 5.31. The van der Waals surface area contributed by atoms with Gasteiger partial charge in [-0.15, -0.1) is 22.6 Å². The highest BCUT2D eigenvalue weighted by Gasteiger charge is 2.19. The van der Waals surface area contributed by atoms with E-state index in [0.717, 1.165) is 5.01 Å². The van der Waals surface area contributed by atoms with Crippen molar-refractivity contribution in [3.05, 3.63) is 5.01 Å². The highest BCUT2D eigenvalue weighted by atomic mass is 35.5. The zero-order chi connectivity index (χ0) is 12.3. The molecule has 3 N–H and O–H groups in total. The lowest BCUT2D eigenvalue weighted by molar-refractivity contribution is -0.118. The van der Waals surface area contributed by atoms with Gasteiger partial charge in [0.15, 0.2) is 0 Å². The molecule has 1 amide bonds. The van der Waals surface area contributed by atoms with Gasteiger partial charge in [-0.2, -0.15) is 0 Å². The molecule has 0 fully saturated rings. The van der Waals surface area contributed by atoms with Crippen molar-refractivity contribution >= 4 is 34.8 Å². The molecule has 0 aromatic carbocycles. The van der Waals surface area contributed by atoms with Crippen molar-refractivity contribution in [3.63, 3.8) is 0 Å². The number of nitrogens with zero attached hydrogens (tertiary/aromatic N) is 2. The Balaban J connectivity index is 0.00000256. The lowest BCUT2D eigenvalue weighted by Gasteiger charge is -2.13. The van der Waals surface area contributed by atoms with Crippen LogP contribution in [-0.4, -0.2) is 22.1 Å². The van der Waals surface area contributed by atoms with E-state index in [1.54, 1.807) is 0 Å². The molecule has 1 aromatic rings. The number of amides is 1. The average molecular weight is 279 g/mol. The number of rotatable bonds is 4. The molecule has 0 radical (unpaired) electrons. The highest BCUT2D eigenvalue weighted by molar-refractivity contribution is 7.15. The van der Waals surface area contributed by atoms with Crippen LogP contribution < -0.4 is 11.1 Å². The van der Waals surface area contributed by atoms with Crippen LogP contribution in [0.4, 0.5) is 5.13 Å².